The number of ether oxygens (including phenoxy) is 1. The Morgan fingerprint density at radius 2 is 2.12 bits per heavy atom. The number of carbonyl (C=O) groups excluding carboxylic acids is 1. The molecule has 0 saturated heterocycles. The van der Waals surface area contributed by atoms with Crippen molar-refractivity contribution in [2.45, 2.75) is 32.7 Å². The summed E-state index contributed by atoms with van der Waals surface area (Å²) in [6.45, 7) is 2.27. The Hall–Kier alpha value is -3.04. The Kier molecular flexibility index (Phi) is 4.58. The molecule has 7 nitrogen and oxygen atoms in total. The molecule has 0 bridgehead atoms. The second-order valence-corrected chi connectivity index (χ2v) is 5.78. The maximum absolute atomic E-state index is 12.9. The van der Waals surface area contributed by atoms with Crippen molar-refractivity contribution in [2.75, 3.05) is 5.32 Å². The third kappa shape index (κ3) is 3.79. The van der Waals surface area contributed by atoms with E-state index in [1.165, 1.54) is 18.4 Å². The standard InChI is InChI=1S/C16H15F3N4O3/c1-9(2)26-12-5-3-4-11-13(12)14(21-23(11)8-16(17,18)19)20-15(24)10-6-7-25-22-10/h3-7,9H,8H2,1-2H3,(H,20,21,24). The molecule has 138 valence electrons. The number of anilines is 1. The summed E-state index contributed by atoms with van der Waals surface area (Å²) in [6, 6.07) is 5.98. The highest BCUT2D eigenvalue weighted by atomic mass is 19.4. The summed E-state index contributed by atoms with van der Waals surface area (Å²) in [5, 5.41) is 10.2. The first-order valence-corrected chi connectivity index (χ1v) is 7.69. The second kappa shape index (κ2) is 6.70. The van der Waals surface area contributed by atoms with Gasteiger partial charge in [-0.3, -0.25) is 9.48 Å². The van der Waals surface area contributed by atoms with E-state index in [-0.39, 0.29) is 28.5 Å². The molecular weight excluding hydrogens is 353 g/mol. The van der Waals surface area contributed by atoms with Crippen LogP contribution in [0.5, 0.6) is 5.75 Å². The topological polar surface area (TPSA) is 82.2 Å². The summed E-state index contributed by atoms with van der Waals surface area (Å²) in [5.74, 6) is -0.383. The molecule has 3 rings (SSSR count). The maximum atomic E-state index is 12.9. The van der Waals surface area contributed by atoms with Gasteiger partial charge in [0.15, 0.2) is 11.5 Å². The molecule has 10 heteroatoms. The molecule has 2 aromatic heterocycles. The summed E-state index contributed by atoms with van der Waals surface area (Å²) < 4.78 is 49.7. The smallest absolute Gasteiger partial charge is 0.408 e. The predicted molar refractivity (Wildman–Crippen MR) is 86.0 cm³/mol. The number of benzene rings is 1. The van der Waals surface area contributed by atoms with E-state index in [4.69, 9.17) is 4.74 Å². The molecular formula is C16H15F3N4O3. The molecule has 0 radical (unpaired) electrons. The Bertz CT molecular complexity index is 917. The van der Waals surface area contributed by atoms with Crippen molar-refractivity contribution in [3.8, 4) is 5.75 Å². The van der Waals surface area contributed by atoms with Crippen molar-refractivity contribution in [1.82, 2.24) is 14.9 Å². The van der Waals surface area contributed by atoms with Crippen LogP contribution in [-0.4, -0.2) is 33.1 Å². The fourth-order valence-corrected chi connectivity index (χ4v) is 2.43. The molecule has 0 aliphatic carbocycles. The van der Waals surface area contributed by atoms with E-state index in [0.29, 0.717) is 5.75 Å². The SMILES string of the molecule is CC(C)Oc1cccc2c1c(NC(=O)c1ccon1)nn2CC(F)(F)F. The minimum absolute atomic E-state index is 0.0224. The molecule has 1 N–H and O–H groups in total. The van der Waals surface area contributed by atoms with Gasteiger partial charge in [0.05, 0.1) is 17.0 Å². The van der Waals surface area contributed by atoms with Crippen LogP contribution in [0.1, 0.15) is 24.3 Å². The van der Waals surface area contributed by atoms with E-state index >= 15 is 0 Å². The summed E-state index contributed by atoms with van der Waals surface area (Å²) in [7, 11) is 0. The highest BCUT2D eigenvalue weighted by Gasteiger charge is 2.31. The van der Waals surface area contributed by atoms with Crippen molar-refractivity contribution >= 4 is 22.6 Å². The fourth-order valence-electron chi connectivity index (χ4n) is 2.43. The highest BCUT2D eigenvalue weighted by molar-refractivity contribution is 6.08. The first-order valence-electron chi connectivity index (χ1n) is 7.69. The van der Waals surface area contributed by atoms with Crippen LogP contribution in [0.4, 0.5) is 19.0 Å². The zero-order chi connectivity index (χ0) is 18.9. The van der Waals surface area contributed by atoms with Crippen LogP contribution in [-0.2, 0) is 6.54 Å². The second-order valence-electron chi connectivity index (χ2n) is 5.78. The van der Waals surface area contributed by atoms with Crippen molar-refractivity contribution in [1.29, 1.82) is 0 Å². The normalized spacial score (nSPS) is 11.9. The lowest BCUT2D eigenvalue weighted by Gasteiger charge is -2.12. The van der Waals surface area contributed by atoms with Gasteiger partial charge in [-0.15, -0.1) is 0 Å². The minimum Gasteiger partial charge on any atom is -0.490 e. The Labute approximate surface area is 145 Å². The first-order chi connectivity index (χ1) is 12.2. The van der Waals surface area contributed by atoms with Crippen LogP contribution < -0.4 is 10.1 Å². The van der Waals surface area contributed by atoms with Crippen LogP contribution in [0.15, 0.2) is 35.1 Å². The van der Waals surface area contributed by atoms with E-state index in [0.717, 1.165) is 4.68 Å². The average molecular weight is 368 g/mol. The molecule has 1 amide bonds. The van der Waals surface area contributed by atoms with E-state index in [9.17, 15) is 18.0 Å². The predicted octanol–water partition coefficient (Wildman–Crippen LogP) is 3.63. The van der Waals surface area contributed by atoms with Gasteiger partial charge in [0, 0.05) is 6.07 Å². The monoisotopic (exact) mass is 368 g/mol. The largest absolute Gasteiger partial charge is 0.490 e. The maximum Gasteiger partial charge on any atom is 0.408 e. The van der Waals surface area contributed by atoms with E-state index in [1.807, 2.05) is 0 Å². The van der Waals surface area contributed by atoms with Crippen LogP contribution in [0.25, 0.3) is 10.9 Å². The number of nitrogens with zero attached hydrogens (tertiary/aromatic N) is 3. The molecule has 0 unspecified atom stereocenters. The lowest BCUT2D eigenvalue weighted by atomic mass is 10.2. The minimum atomic E-state index is -4.47. The number of carbonyl (C=O) groups is 1. The Morgan fingerprint density at radius 1 is 1.35 bits per heavy atom. The van der Waals surface area contributed by atoms with Crippen molar-refractivity contribution in [2.24, 2.45) is 0 Å². The summed E-state index contributed by atoms with van der Waals surface area (Å²) in [6.07, 6.45) is -3.48. The zero-order valence-electron chi connectivity index (χ0n) is 13.9. The summed E-state index contributed by atoms with van der Waals surface area (Å²) in [5.41, 5.74) is 0.168. The Morgan fingerprint density at radius 3 is 2.73 bits per heavy atom. The molecule has 26 heavy (non-hydrogen) atoms. The van der Waals surface area contributed by atoms with Crippen molar-refractivity contribution in [3.63, 3.8) is 0 Å². The molecule has 0 aliphatic rings. The van der Waals surface area contributed by atoms with Crippen LogP contribution in [0.3, 0.4) is 0 Å². The lowest BCUT2D eigenvalue weighted by molar-refractivity contribution is -0.141. The van der Waals surface area contributed by atoms with Gasteiger partial charge in [-0.05, 0) is 26.0 Å². The summed E-state index contributed by atoms with van der Waals surface area (Å²) in [4.78, 5) is 12.2. The van der Waals surface area contributed by atoms with Crippen molar-refractivity contribution in [3.05, 3.63) is 36.2 Å². The molecule has 1 aromatic carbocycles. The molecule has 0 fully saturated rings. The molecule has 0 spiro atoms. The van der Waals surface area contributed by atoms with E-state index in [2.05, 4.69) is 20.1 Å². The third-order valence-corrected chi connectivity index (χ3v) is 3.33. The number of nitrogens with one attached hydrogen (secondary N) is 1. The van der Waals surface area contributed by atoms with Gasteiger partial charge in [-0.25, -0.2) is 0 Å². The molecule has 3 aromatic rings. The Balaban J connectivity index is 2.08. The van der Waals surface area contributed by atoms with Gasteiger partial charge >= 0.3 is 6.18 Å². The van der Waals surface area contributed by atoms with Gasteiger partial charge in [0.25, 0.3) is 5.91 Å². The van der Waals surface area contributed by atoms with Gasteiger partial charge in [0.1, 0.15) is 18.6 Å². The van der Waals surface area contributed by atoms with E-state index < -0.39 is 18.6 Å². The van der Waals surface area contributed by atoms with Gasteiger partial charge in [-0.1, -0.05) is 11.2 Å². The number of hydrogen-bond donors (Lipinski definition) is 1. The number of hydrogen-bond acceptors (Lipinski definition) is 5. The lowest BCUT2D eigenvalue weighted by Crippen LogP contribution is -2.19. The average Bonchev–Trinajstić information content (AvgIpc) is 3.15. The number of halogens is 3. The quantitative estimate of drug-likeness (QED) is 0.744. The van der Waals surface area contributed by atoms with Crippen LogP contribution in [0.2, 0.25) is 0 Å². The summed E-state index contributed by atoms with van der Waals surface area (Å²) >= 11 is 0. The molecule has 2 heterocycles. The number of aromatic nitrogens is 3. The highest BCUT2D eigenvalue weighted by Crippen LogP contribution is 2.34. The number of alkyl halides is 3. The van der Waals surface area contributed by atoms with Gasteiger partial charge in [-0.2, -0.15) is 18.3 Å². The first kappa shape index (κ1) is 17.8. The third-order valence-electron chi connectivity index (χ3n) is 3.33. The van der Waals surface area contributed by atoms with Gasteiger partial charge < -0.3 is 14.6 Å². The van der Waals surface area contributed by atoms with Crippen LogP contribution in [0, 0.1) is 0 Å². The number of amides is 1. The molecule has 0 atom stereocenters. The van der Waals surface area contributed by atoms with Crippen molar-refractivity contribution < 1.29 is 27.2 Å². The van der Waals surface area contributed by atoms with Crippen LogP contribution >= 0.6 is 0 Å². The molecule has 0 aliphatic heterocycles. The fraction of sp³-hybridized carbons (Fsp3) is 0.312. The van der Waals surface area contributed by atoms with Gasteiger partial charge in [0.2, 0.25) is 0 Å². The zero-order valence-corrected chi connectivity index (χ0v) is 13.9. The molecule has 0 saturated carbocycles. The van der Waals surface area contributed by atoms with E-state index in [1.54, 1.807) is 26.0 Å². The number of fused-ring (bicyclic) bond motifs is 1. The number of rotatable bonds is 5.